The van der Waals surface area contributed by atoms with E-state index in [1.165, 1.54) is 24.2 Å². The Morgan fingerprint density at radius 2 is 1.86 bits per heavy atom. The van der Waals surface area contributed by atoms with Crippen LogP contribution in [-0.4, -0.2) is 81.6 Å². The molecule has 0 aliphatic carbocycles. The van der Waals surface area contributed by atoms with Crippen LogP contribution in [0.1, 0.15) is 59.3 Å². The van der Waals surface area contributed by atoms with Gasteiger partial charge in [-0.15, -0.1) is 0 Å². The minimum atomic E-state index is -3.13. The Balaban J connectivity index is 2.69. The third-order valence-corrected chi connectivity index (χ3v) is 7.41. The molecule has 1 aliphatic heterocycles. The first-order valence-corrected chi connectivity index (χ1v) is 12.6. The lowest BCUT2D eigenvalue weighted by Crippen LogP contribution is -2.50. The van der Waals surface area contributed by atoms with Gasteiger partial charge in [-0.05, 0) is 32.1 Å². The average molecular weight is 432 g/mol. The molecule has 0 bridgehead atoms. The first-order chi connectivity index (χ1) is 13.7. The minimum Gasteiger partial charge on any atom is -0.356 e. The molecule has 1 heterocycles. The minimum absolute atomic E-state index is 0.0482. The molecule has 1 fully saturated rings. The van der Waals surface area contributed by atoms with Gasteiger partial charge in [-0.2, -0.15) is 0 Å². The van der Waals surface area contributed by atoms with Crippen molar-refractivity contribution in [1.29, 1.82) is 0 Å². The number of hydrogen-bond donors (Lipinski definition) is 2. The Kier molecular flexibility index (Phi) is 11.6. The van der Waals surface area contributed by atoms with Crippen molar-refractivity contribution in [2.24, 2.45) is 10.9 Å². The van der Waals surface area contributed by atoms with Crippen LogP contribution >= 0.6 is 0 Å². The molecule has 1 aliphatic rings. The fraction of sp³-hybridized carbons (Fsp3) is 0.900. The second kappa shape index (κ2) is 13.1. The van der Waals surface area contributed by atoms with Crippen LogP contribution in [0.15, 0.2) is 4.99 Å². The number of nitrogens with zero attached hydrogens (tertiary/aromatic N) is 3. The Bertz CT molecular complexity index is 614. The molecule has 29 heavy (non-hydrogen) atoms. The fourth-order valence-corrected chi connectivity index (χ4v) is 4.41. The number of unbranched alkanes of at least 4 members (excludes halogenated alkanes) is 1. The van der Waals surface area contributed by atoms with E-state index in [-0.39, 0.29) is 24.2 Å². The fourth-order valence-electron chi connectivity index (χ4n) is 3.28. The lowest BCUT2D eigenvalue weighted by atomic mass is 9.99. The Hall–Kier alpha value is -1.35. The molecule has 1 unspecified atom stereocenters. The highest BCUT2D eigenvalue weighted by Gasteiger charge is 2.27. The van der Waals surface area contributed by atoms with Crippen LogP contribution in [0.25, 0.3) is 0 Å². The molecule has 0 aromatic carbocycles. The molecule has 1 saturated heterocycles. The zero-order chi connectivity index (χ0) is 21.9. The number of nitrogens with one attached hydrogen (secondary N) is 2. The highest BCUT2D eigenvalue weighted by Crippen LogP contribution is 2.15. The Labute approximate surface area is 177 Å². The zero-order valence-corrected chi connectivity index (χ0v) is 19.7. The third kappa shape index (κ3) is 9.33. The smallest absolute Gasteiger partial charge is 0.243 e. The first kappa shape index (κ1) is 25.7. The van der Waals surface area contributed by atoms with E-state index in [1.54, 1.807) is 25.3 Å². The maximum atomic E-state index is 12.0. The second-order valence-corrected chi connectivity index (χ2v) is 10.2. The molecular formula is C20H41N5O3S. The molecule has 9 heteroatoms. The molecule has 0 aromatic rings. The number of carbonyl (C=O) groups excluding carboxylic acids is 1. The van der Waals surface area contributed by atoms with Gasteiger partial charge >= 0.3 is 0 Å². The van der Waals surface area contributed by atoms with E-state index in [0.717, 1.165) is 25.8 Å². The van der Waals surface area contributed by atoms with Gasteiger partial charge in [0, 0.05) is 39.8 Å². The van der Waals surface area contributed by atoms with Crippen LogP contribution in [-0.2, 0) is 14.8 Å². The normalized spacial score (nSPS) is 17.8. The number of carbonyl (C=O) groups is 1. The molecule has 0 radical (unpaired) electrons. The summed E-state index contributed by atoms with van der Waals surface area (Å²) in [4.78, 5) is 18.0. The molecule has 8 nitrogen and oxygen atoms in total. The largest absolute Gasteiger partial charge is 0.356 e. The van der Waals surface area contributed by atoms with E-state index in [2.05, 4.69) is 29.5 Å². The molecule has 0 aromatic heterocycles. The van der Waals surface area contributed by atoms with Gasteiger partial charge < -0.3 is 15.5 Å². The van der Waals surface area contributed by atoms with Gasteiger partial charge in [-0.25, -0.2) is 17.7 Å². The van der Waals surface area contributed by atoms with Crippen LogP contribution in [0.5, 0.6) is 0 Å². The summed E-state index contributed by atoms with van der Waals surface area (Å²) in [6.07, 6.45) is 6.14. The standard InChI is InChI=1S/C20H41N5O3S/c1-6-9-10-17(7-2)15-21-20(22-16-19(26)24(4)5)23-18-11-13-25(14-12-18)29(27,28)8-3/h17-18H,6-16H2,1-5H3,(H2,21,22,23). The SMILES string of the molecule is CCCCC(CC)CNC(=NCC(=O)N(C)C)NC1CCN(S(=O)(=O)CC)CC1. The summed E-state index contributed by atoms with van der Waals surface area (Å²) in [6, 6.07) is 0.148. The number of amides is 1. The van der Waals surface area contributed by atoms with Gasteiger partial charge in [-0.1, -0.05) is 33.1 Å². The molecule has 2 N–H and O–H groups in total. The topological polar surface area (TPSA) is 94.1 Å². The summed E-state index contributed by atoms with van der Waals surface area (Å²) in [7, 11) is 0.316. The maximum Gasteiger partial charge on any atom is 0.243 e. The molecule has 1 atom stereocenters. The maximum absolute atomic E-state index is 12.0. The lowest BCUT2D eigenvalue weighted by Gasteiger charge is -2.32. The van der Waals surface area contributed by atoms with Crippen LogP contribution in [0.2, 0.25) is 0 Å². The van der Waals surface area contributed by atoms with Crippen molar-refractivity contribution in [3.63, 3.8) is 0 Å². The van der Waals surface area contributed by atoms with Crippen molar-refractivity contribution >= 4 is 21.9 Å². The average Bonchev–Trinajstić information content (AvgIpc) is 2.71. The number of piperidine rings is 1. The Morgan fingerprint density at radius 1 is 1.21 bits per heavy atom. The highest BCUT2D eigenvalue weighted by atomic mass is 32.2. The van der Waals surface area contributed by atoms with E-state index < -0.39 is 10.0 Å². The van der Waals surface area contributed by atoms with Crippen LogP contribution in [0.4, 0.5) is 0 Å². The van der Waals surface area contributed by atoms with E-state index in [0.29, 0.717) is 25.0 Å². The van der Waals surface area contributed by atoms with E-state index in [4.69, 9.17) is 0 Å². The van der Waals surface area contributed by atoms with Crippen molar-refractivity contribution < 1.29 is 13.2 Å². The van der Waals surface area contributed by atoms with Crippen molar-refractivity contribution in [2.45, 2.75) is 65.3 Å². The predicted octanol–water partition coefficient (Wildman–Crippen LogP) is 1.64. The van der Waals surface area contributed by atoms with E-state index in [1.807, 2.05) is 0 Å². The van der Waals surface area contributed by atoms with Crippen LogP contribution < -0.4 is 10.6 Å². The van der Waals surface area contributed by atoms with Crippen molar-refractivity contribution in [3.05, 3.63) is 0 Å². The van der Waals surface area contributed by atoms with Gasteiger partial charge in [-0.3, -0.25) is 4.79 Å². The van der Waals surface area contributed by atoms with E-state index >= 15 is 0 Å². The van der Waals surface area contributed by atoms with Gasteiger partial charge in [0.25, 0.3) is 0 Å². The van der Waals surface area contributed by atoms with Crippen molar-refractivity contribution in [3.8, 4) is 0 Å². The summed E-state index contributed by atoms with van der Waals surface area (Å²) in [5.41, 5.74) is 0. The highest BCUT2D eigenvalue weighted by molar-refractivity contribution is 7.89. The van der Waals surface area contributed by atoms with Crippen LogP contribution in [0.3, 0.4) is 0 Å². The van der Waals surface area contributed by atoms with E-state index in [9.17, 15) is 13.2 Å². The Morgan fingerprint density at radius 3 is 2.38 bits per heavy atom. The predicted molar refractivity (Wildman–Crippen MR) is 119 cm³/mol. The molecule has 1 rings (SSSR count). The van der Waals surface area contributed by atoms with Crippen molar-refractivity contribution in [2.75, 3.05) is 46.0 Å². The number of hydrogen-bond acceptors (Lipinski definition) is 4. The number of rotatable bonds is 11. The summed E-state index contributed by atoms with van der Waals surface area (Å²) in [6.45, 7) is 8.04. The molecule has 0 saturated carbocycles. The number of guanidine groups is 1. The molecule has 170 valence electrons. The summed E-state index contributed by atoms with van der Waals surface area (Å²) < 4.78 is 25.7. The molecule has 1 amide bonds. The van der Waals surface area contributed by atoms with Crippen LogP contribution in [0, 0.1) is 5.92 Å². The lowest BCUT2D eigenvalue weighted by molar-refractivity contribution is -0.127. The number of likely N-dealkylation sites (N-methyl/N-ethyl adjacent to an activating group) is 1. The quantitative estimate of drug-likeness (QED) is 0.383. The summed E-state index contributed by atoms with van der Waals surface area (Å²) >= 11 is 0. The zero-order valence-electron chi connectivity index (χ0n) is 18.9. The van der Waals surface area contributed by atoms with Gasteiger partial charge in [0.05, 0.1) is 5.75 Å². The number of sulfonamides is 1. The van der Waals surface area contributed by atoms with Crippen molar-refractivity contribution in [1.82, 2.24) is 19.8 Å². The third-order valence-electron chi connectivity index (χ3n) is 5.53. The second-order valence-electron chi connectivity index (χ2n) is 7.97. The van der Waals surface area contributed by atoms with Gasteiger partial charge in [0.1, 0.15) is 6.54 Å². The molecule has 0 spiro atoms. The molecular weight excluding hydrogens is 390 g/mol. The van der Waals surface area contributed by atoms with Gasteiger partial charge in [0.2, 0.25) is 15.9 Å². The summed E-state index contributed by atoms with van der Waals surface area (Å²) in [5.74, 6) is 1.31. The first-order valence-electron chi connectivity index (χ1n) is 11.0. The summed E-state index contributed by atoms with van der Waals surface area (Å²) in [5, 5.41) is 6.83. The van der Waals surface area contributed by atoms with Gasteiger partial charge in [0.15, 0.2) is 5.96 Å². The number of aliphatic imine (C=N–C) groups is 1. The monoisotopic (exact) mass is 431 g/mol.